The number of aromatic nitrogens is 1. The maximum atomic E-state index is 11.9. The Kier molecular flexibility index (Phi) is 5.41. The van der Waals surface area contributed by atoms with E-state index in [4.69, 9.17) is 0 Å². The minimum atomic E-state index is 0. The molecule has 0 atom stereocenters. The van der Waals surface area contributed by atoms with Crippen molar-refractivity contribution in [2.24, 2.45) is 0 Å². The Labute approximate surface area is 134 Å². The lowest BCUT2D eigenvalue weighted by atomic mass is 10.3. The smallest absolute Gasteiger partial charge is 0.303 e. The number of aryl methyl sites for hydroxylation is 1. The Bertz CT molecular complexity index is 586. The zero-order chi connectivity index (χ0) is 12.4. The highest BCUT2D eigenvalue weighted by Gasteiger charge is 2.11. The first-order valence-electron chi connectivity index (χ1n) is 6.65. The lowest BCUT2D eigenvalue weighted by Crippen LogP contribution is -2.23. The summed E-state index contributed by atoms with van der Waals surface area (Å²) in [6, 6.07) is 8.07. The van der Waals surface area contributed by atoms with Crippen LogP contribution in [-0.2, 0) is 6.54 Å². The van der Waals surface area contributed by atoms with E-state index in [9.17, 15) is 4.79 Å². The van der Waals surface area contributed by atoms with Crippen LogP contribution in [0.3, 0.4) is 0 Å². The van der Waals surface area contributed by atoms with Crippen LogP contribution in [0, 0.1) is 0 Å². The minimum absolute atomic E-state index is 0. The largest absolute Gasteiger partial charge is 0.308 e. The summed E-state index contributed by atoms with van der Waals surface area (Å²) in [4.78, 5) is 14.6. The third-order valence-electron chi connectivity index (χ3n) is 3.63. The number of thiazole rings is 1. The van der Waals surface area contributed by atoms with Crippen LogP contribution in [0.15, 0.2) is 29.1 Å². The predicted octanol–water partition coefficient (Wildman–Crippen LogP) is 3.17. The van der Waals surface area contributed by atoms with Crippen LogP contribution in [-0.4, -0.2) is 29.1 Å². The van der Waals surface area contributed by atoms with Crippen LogP contribution in [0.2, 0.25) is 0 Å². The fraction of sp³-hybridized carbons (Fsp3) is 0.500. The fourth-order valence-electron chi connectivity index (χ4n) is 2.68. The molecule has 1 saturated heterocycles. The molecule has 0 saturated carbocycles. The quantitative estimate of drug-likeness (QED) is 0.750. The molecular weight excluding hydrogens is 371 g/mol. The molecular formula is C14H19IN2OS. The Balaban J connectivity index is 0.00000133. The van der Waals surface area contributed by atoms with Gasteiger partial charge in [-0.25, -0.2) is 0 Å². The molecule has 2 heterocycles. The maximum absolute atomic E-state index is 11.9. The van der Waals surface area contributed by atoms with Gasteiger partial charge in [0.2, 0.25) is 0 Å². The summed E-state index contributed by atoms with van der Waals surface area (Å²) in [5, 5.41) is 0. The zero-order valence-electron chi connectivity index (χ0n) is 10.9. The molecule has 0 radical (unpaired) electrons. The van der Waals surface area contributed by atoms with Crippen LogP contribution in [0.1, 0.15) is 19.3 Å². The Morgan fingerprint density at radius 1 is 1.11 bits per heavy atom. The Hall–Kier alpha value is -0.400. The molecule has 104 valence electrons. The van der Waals surface area contributed by atoms with Gasteiger partial charge in [-0.1, -0.05) is 23.5 Å². The van der Waals surface area contributed by atoms with Crippen molar-refractivity contribution in [3.8, 4) is 0 Å². The molecule has 0 unspecified atom stereocenters. The van der Waals surface area contributed by atoms with Crippen molar-refractivity contribution in [1.82, 2.24) is 9.47 Å². The summed E-state index contributed by atoms with van der Waals surface area (Å²) in [6.45, 7) is 4.44. The first kappa shape index (κ1) is 15.0. The van der Waals surface area contributed by atoms with E-state index in [2.05, 4.69) is 4.90 Å². The van der Waals surface area contributed by atoms with Gasteiger partial charge in [-0.05, 0) is 51.0 Å². The molecule has 0 bridgehead atoms. The average molecular weight is 390 g/mol. The van der Waals surface area contributed by atoms with Crippen molar-refractivity contribution >= 4 is 45.5 Å². The summed E-state index contributed by atoms with van der Waals surface area (Å²) in [7, 11) is 0. The second kappa shape index (κ2) is 6.85. The molecule has 1 fully saturated rings. The summed E-state index contributed by atoms with van der Waals surface area (Å²) >= 11 is 1.36. The molecule has 1 aromatic heterocycles. The van der Waals surface area contributed by atoms with Crippen LogP contribution >= 0.6 is 35.3 Å². The highest BCUT2D eigenvalue weighted by molar-refractivity contribution is 14.0. The number of fused-ring (bicyclic) bond motifs is 1. The number of para-hydroxylation sites is 1. The van der Waals surface area contributed by atoms with Gasteiger partial charge in [0, 0.05) is 6.54 Å². The number of nitrogens with zero attached hydrogens (tertiary/aromatic N) is 2. The van der Waals surface area contributed by atoms with Gasteiger partial charge >= 0.3 is 4.87 Å². The summed E-state index contributed by atoms with van der Waals surface area (Å²) in [6.07, 6.45) is 3.74. The molecule has 1 aromatic carbocycles. The molecule has 3 rings (SSSR count). The number of hydrogen-bond acceptors (Lipinski definition) is 3. The third kappa shape index (κ3) is 3.38. The molecule has 1 aliphatic rings. The number of benzene rings is 1. The van der Waals surface area contributed by atoms with Gasteiger partial charge in [0.15, 0.2) is 0 Å². The van der Waals surface area contributed by atoms with Crippen molar-refractivity contribution in [3.63, 3.8) is 0 Å². The van der Waals surface area contributed by atoms with Crippen molar-refractivity contribution < 1.29 is 0 Å². The first-order valence-corrected chi connectivity index (χ1v) is 7.47. The molecule has 0 amide bonds. The maximum Gasteiger partial charge on any atom is 0.308 e. The normalized spacial score (nSPS) is 15.8. The number of likely N-dealkylation sites (tertiary alicyclic amines) is 1. The van der Waals surface area contributed by atoms with Crippen LogP contribution in [0.4, 0.5) is 0 Å². The van der Waals surface area contributed by atoms with E-state index in [1.807, 2.05) is 28.8 Å². The molecule has 0 spiro atoms. The molecule has 3 nitrogen and oxygen atoms in total. The Morgan fingerprint density at radius 3 is 2.63 bits per heavy atom. The summed E-state index contributed by atoms with van der Waals surface area (Å²) < 4.78 is 3.03. The monoisotopic (exact) mass is 390 g/mol. The van der Waals surface area contributed by atoms with E-state index in [1.54, 1.807) is 0 Å². The summed E-state index contributed by atoms with van der Waals surface area (Å²) in [5.41, 5.74) is 1.09. The van der Waals surface area contributed by atoms with Crippen molar-refractivity contribution in [2.45, 2.75) is 25.8 Å². The van der Waals surface area contributed by atoms with E-state index in [1.165, 1.54) is 37.3 Å². The topological polar surface area (TPSA) is 25.2 Å². The molecule has 5 heteroatoms. The van der Waals surface area contributed by atoms with Gasteiger partial charge in [-0.15, -0.1) is 24.0 Å². The van der Waals surface area contributed by atoms with Gasteiger partial charge in [-0.2, -0.15) is 0 Å². The van der Waals surface area contributed by atoms with E-state index >= 15 is 0 Å². The average Bonchev–Trinajstić information content (AvgIpc) is 2.98. The van der Waals surface area contributed by atoms with Gasteiger partial charge in [0.25, 0.3) is 0 Å². The summed E-state index contributed by atoms with van der Waals surface area (Å²) in [5.74, 6) is 0. The number of hydrogen-bond donors (Lipinski definition) is 0. The predicted molar refractivity (Wildman–Crippen MR) is 91.8 cm³/mol. The SMILES string of the molecule is I.O=c1sc2ccccc2n1CCCN1CCCC1. The van der Waals surface area contributed by atoms with Crippen LogP contribution < -0.4 is 4.87 Å². The standard InChI is InChI=1S/C14H18N2OS.HI/c17-14-16(11-5-10-15-8-3-4-9-15)12-6-1-2-7-13(12)18-14;/h1-2,6-7H,3-5,8-11H2;1H. The van der Waals surface area contributed by atoms with Gasteiger partial charge in [-0.3, -0.25) is 9.36 Å². The first-order chi connectivity index (χ1) is 8.84. The van der Waals surface area contributed by atoms with Crippen LogP contribution in [0.5, 0.6) is 0 Å². The van der Waals surface area contributed by atoms with E-state index < -0.39 is 0 Å². The lowest BCUT2D eigenvalue weighted by Gasteiger charge is -2.14. The van der Waals surface area contributed by atoms with E-state index in [0.29, 0.717) is 0 Å². The lowest BCUT2D eigenvalue weighted by molar-refractivity contribution is 0.326. The van der Waals surface area contributed by atoms with Crippen molar-refractivity contribution in [3.05, 3.63) is 33.9 Å². The number of rotatable bonds is 4. The molecule has 0 N–H and O–H groups in total. The fourth-order valence-corrected chi connectivity index (χ4v) is 3.60. The van der Waals surface area contributed by atoms with Crippen molar-refractivity contribution in [1.29, 1.82) is 0 Å². The van der Waals surface area contributed by atoms with E-state index in [-0.39, 0.29) is 28.8 Å². The zero-order valence-corrected chi connectivity index (χ0v) is 14.0. The minimum Gasteiger partial charge on any atom is -0.303 e. The van der Waals surface area contributed by atoms with Crippen molar-refractivity contribution in [2.75, 3.05) is 19.6 Å². The molecule has 19 heavy (non-hydrogen) atoms. The molecule has 0 aliphatic carbocycles. The van der Waals surface area contributed by atoms with Crippen LogP contribution in [0.25, 0.3) is 10.2 Å². The third-order valence-corrected chi connectivity index (χ3v) is 4.59. The van der Waals surface area contributed by atoms with Gasteiger partial charge in [0.05, 0.1) is 10.2 Å². The van der Waals surface area contributed by atoms with Gasteiger partial charge in [0.1, 0.15) is 0 Å². The number of halogens is 1. The second-order valence-electron chi connectivity index (χ2n) is 4.89. The Morgan fingerprint density at radius 2 is 1.84 bits per heavy atom. The molecule has 1 aliphatic heterocycles. The highest BCUT2D eigenvalue weighted by Crippen LogP contribution is 2.17. The van der Waals surface area contributed by atoms with E-state index in [0.717, 1.165) is 29.7 Å². The highest BCUT2D eigenvalue weighted by atomic mass is 127. The molecule has 2 aromatic rings. The van der Waals surface area contributed by atoms with Gasteiger partial charge < -0.3 is 4.90 Å². The second-order valence-corrected chi connectivity index (χ2v) is 5.88.